The molecule has 2 aromatic carbocycles. The summed E-state index contributed by atoms with van der Waals surface area (Å²) < 4.78 is 39.1. The summed E-state index contributed by atoms with van der Waals surface area (Å²) in [5.41, 5.74) is 6.24. The van der Waals surface area contributed by atoms with Crippen LogP contribution < -0.4 is 9.31 Å². The van der Waals surface area contributed by atoms with E-state index in [1.165, 1.54) is 11.1 Å². The first-order valence-corrected chi connectivity index (χ1v) is 20.6. The van der Waals surface area contributed by atoms with Gasteiger partial charge in [-0.2, -0.15) is 0 Å². The van der Waals surface area contributed by atoms with Crippen LogP contribution in [0.25, 0.3) is 0 Å². The molecule has 0 aliphatic heterocycles. The quantitative estimate of drug-likeness (QED) is 0.142. The van der Waals surface area contributed by atoms with Gasteiger partial charge in [0.2, 0.25) is 0 Å². The second kappa shape index (κ2) is 19.2. The number of rotatable bonds is 18. The molecule has 8 heteroatoms. The lowest BCUT2D eigenvalue weighted by molar-refractivity contribution is 0.0677. The van der Waals surface area contributed by atoms with Crippen LogP contribution in [-0.2, 0) is 46.7 Å². The van der Waals surface area contributed by atoms with Crippen molar-refractivity contribution in [2.45, 2.75) is 217 Å². The Kier molecular flexibility index (Phi) is 17.1. The highest BCUT2D eigenvalue weighted by Crippen LogP contribution is 2.44. The van der Waals surface area contributed by atoms with Crippen LogP contribution >= 0.6 is 0 Å². The van der Waals surface area contributed by atoms with E-state index in [4.69, 9.17) is 27.9 Å². The predicted octanol–water partition coefficient (Wildman–Crippen LogP) is 12.5. The van der Waals surface area contributed by atoms with Crippen LogP contribution in [0.4, 0.5) is 0 Å². The van der Waals surface area contributed by atoms with Crippen LogP contribution in [0.3, 0.4) is 0 Å². The SMILES string of the molecule is CCC(C)OB(Oc1c(C(C)(C)C)cc(Cc2cc(C(C)(C)C)c(OB(OC(C)CC)OC(C)CC)c(C(C)(C)C)c2)cc1C(C)(C)C)OC(C)CC. The van der Waals surface area contributed by atoms with Gasteiger partial charge >= 0.3 is 14.6 Å². The molecule has 0 saturated carbocycles. The maximum atomic E-state index is 6.85. The third kappa shape index (κ3) is 14.2. The fraction of sp³-hybridized carbons (Fsp3) is 0.733. The van der Waals surface area contributed by atoms with Crippen molar-refractivity contribution in [3.05, 3.63) is 57.6 Å². The van der Waals surface area contributed by atoms with E-state index < -0.39 is 14.6 Å². The number of hydrogen-bond acceptors (Lipinski definition) is 6. The minimum atomic E-state index is -0.804. The summed E-state index contributed by atoms with van der Waals surface area (Å²) in [4.78, 5) is 0. The van der Waals surface area contributed by atoms with Gasteiger partial charge in [0.1, 0.15) is 11.5 Å². The van der Waals surface area contributed by atoms with Crippen molar-refractivity contribution < 1.29 is 27.9 Å². The number of hydrogen-bond donors (Lipinski definition) is 0. The summed E-state index contributed by atoms with van der Waals surface area (Å²) in [7, 11) is -1.61. The molecule has 2 rings (SSSR count). The third-order valence-corrected chi connectivity index (χ3v) is 10.0. The molecule has 300 valence electrons. The molecule has 0 heterocycles. The summed E-state index contributed by atoms with van der Waals surface area (Å²) >= 11 is 0. The van der Waals surface area contributed by atoms with Crippen LogP contribution in [0, 0.1) is 0 Å². The Morgan fingerprint density at radius 2 is 0.623 bits per heavy atom. The number of benzene rings is 2. The van der Waals surface area contributed by atoms with Gasteiger partial charge in [-0.05, 0) is 115 Å². The van der Waals surface area contributed by atoms with Crippen LogP contribution in [0.2, 0.25) is 0 Å². The minimum absolute atomic E-state index is 0.000951. The minimum Gasteiger partial charge on any atom is -0.511 e. The molecule has 0 bridgehead atoms. The van der Waals surface area contributed by atoms with Gasteiger partial charge in [-0.15, -0.1) is 0 Å². The van der Waals surface area contributed by atoms with Gasteiger partial charge in [0.25, 0.3) is 0 Å². The van der Waals surface area contributed by atoms with Gasteiger partial charge in [0, 0.05) is 24.4 Å². The lowest BCUT2D eigenvalue weighted by Crippen LogP contribution is -2.38. The summed E-state index contributed by atoms with van der Waals surface area (Å²) in [5, 5.41) is 0. The van der Waals surface area contributed by atoms with Gasteiger partial charge < -0.3 is 27.9 Å². The molecule has 0 amide bonds. The van der Waals surface area contributed by atoms with Gasteiger partial charge in [-0.3, -0.25) is 0 Å². The summed E-state index contributed by atoms with van der Waals surface area (Å²) in [6, 6.07) is 9.34. The fourth-order valence-corrected chi connectivity index (χ4v) is 5.81. The van der Waals surface area contributed by atoms with Gasteiger partial charge in [0.05, 0.1) is 0 Å². The average Bonchev–Trinajstić information content (AvgIpc) is 3.03. The zero-order chi connectivity index (χ0) is 40.7. The molecule has 6 nitrogen and oxygen atoms in total. The second-order valence-corrected chi connectivity index (χ2v) is 19.4. The lowest BCUT2D eigenvalue weighted by atomic mass is 9.76. The standard InChI is InChI=1S/C45H78B2O6/c1-21-30(5)48-46(49-31(6)22-2)52-40-36(42(9,10)11)26-34(27-37(40)43(12,13)14)25-35-28-38(44(15,16)17)41(39(29-35)45(18,19)20)53-47(50-32(7)23-3)51-33(8)24-4/h26-33H,21-25H2,1-20H3. The average molecular weight is 737 g/mol. The highest BCUT2D eigenvalue weighted by Gasteiger charge is 2.37. The Bertz CT molecular complexity index is 1230. The molecule has 0 saturated heterocycles. The van der Waals surface area contributed by atoms with Crippen molar-refractivity contribution in [1.82, 2.24) is 0 Å². The Morgan fingerprint density at radius 1 is 0.415 bits per heavy atom. The summed E-state index contributed by atoms with van der Waals surface area (Å²) in [6.45, 7) is 43.8. The molecule has 0 spiro atoms. The molecule has 0 aliphatic carbocycles. The predicted molar refractivity (Wildman–Crippen MR) is 227 cm³/mol. The van der Waals surface area contributed by atoms with Crippen molar-refractivity contribution in [2.75, 3.05) is 0 Å². The smallest absolute Gasteiger partial charge is 0.511 e. The van der Waals surface area contributed by atoms with Gasteiger partial charge in [-0.25, -0.2) is 0 Å². The molecule has 0 fully saturated rings. The van der Waals surface area contributed by atoms with E-state index in [0.717, 1.165) is 65.9 Å². The molecule has 4 atom stereocenters. The van der Waals surface area contributed by atoms with E-state index in [1.807, 2.05) is 0 Å². The Labute approximate surface area is 327 Å². The first-order valence-electron chi connectivity index (χ1n) is 20.6. The van der Waals surface area contributed by atoms with E-state index in [1.54, 1.807) is 0 Å². The molecular weight excluding hydrogens is 658 g/mol. The van der Waals surface area contributed by atoms with E-state index in [2.05, 4.69) is 163 Å². The third-order valence-electron chi connectivity index (χ3n) is 10.0. The van der Waals surface area contributed by atoms with E-state index in [0.29, 0.717) is 0 Å². The summed E-state index contributed by atoms with van der Waals surface area (Å²) in [6.07, 6.45) is 4.23. The molecular formula is C45H78B2O6. The van der Waals surface area contributed by atoms with Crippen LogP contribution in [0.1, 0.15) is 198 Å². The van der Waals surface area contributed by atoms with E-state index >= 15 is 0 Å². The normalized spacial score (nSPS) is 15.2. The van der Waals surface area contributed by atoms with Gasteiger partial charge in [-0.1, -0.05) is 135 Å². The highest BCUT2D eigenvalue weighted by atomic mass is 16.7. The topological polar surface area (TPSA) is 55.4 Å². The van der Waals surface area contributed by atoms with Crippen LogP contribution in [0.15, 0.2) is 24.3 Å². The van der Waals surface area contributed by atoms with Gasteiger partial charge in [0.15, 0.2) is 0 Å². The molecule has 0 aliphatic rings. The molecule has 53 heavy (non-hydrogen) atoms. The molecule has 2 aromatic rings. The van der Waals surface area contributed by atoms with Crippen molar-refractivity contribution in [2.24, 2.45) is 0 Å². The van der Waals surface area contributed by atoms with E-state index in [9.17, 15) is 0 Å². The zero-order valence-corrected chi connectivity index (χ0v) is 37.8. The van der Waals surface area contributed by atoms with Crippen LogP contribution in [0.5, 0.6) is 11.5 Å². The molecule has 0 N–H and O–H groups in total. The first kappa shape index (κ1) is 47.2. The summed E-state index contributed by atoms with van der Waals surface area (Å²) in [5.74, 6) is 1.71. The highest BCUT2D eigenvalue weighted by molar-refractivity contribution is 6.38. The second-order valence-electron chi connectivity index (χ2n) is 19.4. The maximum absolute atomic E-state index is 6.85. The molecule has 4 unspecified atom stereocenters. The Balaban J connectivity index is 2.86. The van der Waals surface area contributed by atoms with Crippen LogP contribution in [-0.4, -0.2) is 39.1 Å². The first-order chi connectivity index (χ1) is 24.2. The maximum Gasteiger partial charge on any atom is 0.713 e. The van der Waals surface area contributed by atoms with Crippen molar-refractivity contribution >= 4 is 14.6 Å². The Morgan fingerprint density at radius 3 is 0.792 bits per heavy atom. The zero-order valence-electron chi connectivity index (χ0n) is 37.8. The van der Waals surface area contributed by atoms with Crippen molar-refractivity contribution in [3.63, 3.8) is 0 Å². The molecule has 0 aromatic heterocycles. The van der Waals surface area contributed by atoms with E-state index in [-0.39, 0.29) is 46.1 Å². The van der Waals surface area contributed by atoms with Crippen molar-refractivity contribution in [1.29, 1.82) is 0 Å². The monoisotopic (exact) mass is 737 g/mol. The Hall–Kier alpha value is -1.99. The lowest BCUT2D eigenvalue weighted by Gasteiger charge is -2.33. The largest absolute Gasteiger partial charge is 0.713 e. The molecule has 0 radical (unpaired) electrons. The van der Waals surface area contributed by atoms with Crippen molar-refractivity contribution in [3.8, 4) is 11.5 Å². The fourth-order valence-electron chi connectivity index (χ4n) is 5.81.